The Bertz CT molecular complexity index is 827. The van der Waals surface area contributed by atoms with Gasteiger partial charge in [0.25, 0.3) is 5.91 Å². The highest BCUT2D eigenvalue weighted by Crippen LogP contribution is 2.25. The third-order valence-electron chi connectivity index (χ3n) is 5.57. The van der Waals surface area contributed by atoms with E-state index in [1.54, 1.807) is 19.2 Å². The van der Waals surface area contributed by atoms with Gasteiger partial charge in [-0.05, 0) is 44.4 Å². The Morgan fingerprint density at radius 2 is 1.66 bits per heavy atom. The van der Waals surface area contributed by atoms with Crippen LogP contribution in [0.2, 0.25) is 0 Å². The number of ether oxygens (including phenoxy) is 1. The van der Waals surface area contributed by atoms with Crippen LogP contribution < -0.4 is 4.74 Å². The summed E-state index contributed by atoms with van der Waals surface area (Å²) in [5.74, 6) is 0.707. The van der Waals surface area contributed by atoms with E-state index in [-0.39, 0.29) is 23.8 Å². The van der Waals surface area contributed by atoms with Gasteiger partial charge in [0, 0.05) is 31.6 Å². The van der Waals surface area contributed by atoms with Gasteiger partial charge in [-0.1, -0.05) is 42.5 Å². The molecule has 2 aromatic carbocycles. The van der Waals surface area contributed by atoms with Crippen molar-refractivity contribution in [3.63, 3.8) is 0 Å². The van der Waals surface area contributed by atoms with Gasteiger partial charge in [0.2, 0.25) is 5.91 Å². The van der Waals surface area contributed by atoms with E-state index < -0.39 is 0 Å². The number of amides is 2. The minimum Gasteiger partial charge on any atom is -0.496 e. The van der Waals surface area contributed by atoms with Crippen LogP contribution in [0.1, 0.15) is 42.6 Å². The predicted molar refractivity (Wildman–Crippen MR) is 114 cm³/mol. The Balaban J connectivity index is 1.63. The summed E-state index contributed by atoms with van der Waals surface area (Å²) in [6.45, 7) is 5.91. The molecule has 0 bridgehead atoms. The standard InChI is InChI=1S/C24H30N2O3/c1-18(2)26(17-19-9-5-4-6-10-19)23(27)20-13-15-25(16-14-20)24(28)21-11-7-8-12-22(21)29-3/h4-12,18,20H,13-17H2,1-3H3. The van der Waals surface area contributed by atoms with Crippen LogP contribution in [-0.4, -0.2) is 47.9 Å². The number of rotatable bonds is 6. The molecule has 1 aliphatic heterocycles. The summed E-state index contributed by atoms with van der Waals surface area (Å²) in [6.07, 6.45) is 1.38. The quantitative estimate of drug-likeness (QED) is 0.745. The van der Waals surface area contributed by atoms with Gasteiger partial charge in [0.15, 0.2) is 0 Å². The normalized spacial score (nSPS) is 14.7. The van der Waals surface area contributed by atoms with Crippen LogP contribution in [0.4, 0.5) is 0 Å². The SMILES string of the molecule is COc1ccccc1C(=O)N1CCC(C(=O)N(Cc2ccccc2)C(C)C)CC1. The molecule has 2 aromatic rings. The lowest BCUT2D eigenvalue weighted by molar-refractivity contribution is -0.139. The number of methoxy groups -OCH3 is 1. The zero-order valence-corrected chi connectivity index (χ0v) is 17.5. The highest BCUT2D eigenvalue weighted by Gasteiger charge is 2.32. The lowest BCUT2D eigenvalue weighted by Gasteiger charge is -2.36. The molecule has 1 heterocycles. The lowest BCUT2D eigenvalue weighted by atomic mass is 9.94. The van der Waals surface area contributed by atoms with Crippen molar-refractivity contribution in [2.45, 2.75) is 39.3 Å². The van der Waals surface area contributed by atoms with Gasteiger partial charge in [-0.15, -0.1) is 0 Å². The van der Waals surface area contributed by atoms with E-state index in [0.717, 1.165) is 5.56 Å². The zero-order chi connectivity index (χ0) is 20.8. The van der Waals surface area contributed by atoms with Gasteiger partial charge in [0.05, 0.1) is 12.7 Å². The maximum absolute atomic E-state index is 13.2. The number of piperidine rings is 1. The smallest absolute Gasteiger partial charge is 0.257 e. The summed E-state index contributed by atoms with van der Waals surface area (Å²) in [6, 6.07) is 17.5. The molecular formula is C24H30N2O3. The Hall–Kier alpha value is -2.82. The predicted octanol–water partition coefficient (Wildman–Crippen LogP) is 3.98. The van der Waals surface area contributed by atoms with E-state index in [0.29, 0.717) is 43.8 Å². The van der Waals surface area contributed by atoms with Crippen molar-refractivity contribution >= 4 is 11.8 Å². The van der Waals surface area contributed by atoms with Gasteiger partial charge in [-0.2, -0.15) is 0 Å². The van der Waals surface area contributed by atoms with Crippen molar-refractivity contribution in [2.24, 2.45) is 5.92 Å². The molecule has 0 spiro atoms. The monoisotopic (exact) mass is 394 g/mol. The fraction of sp³-hybridized carbons (Fsp3) is 0.417. The summed E-state index contributed by atoms with van der Waals surface area (Å²) >= 11 is 0. The van der Waals surface area contributed by atoms with Gasteiger partial charge < -0.3 is 14.5 Å². The number of para-hydroxylation sites is 1. The van der Waals surface area contributed by atoms with Crippen molar-refractivity contribution < 1.29 is 14.3 Å². The molecule has 1 saturated heterocycles. The molecule has 2 amide bonds. The third kappa shape index (κ3) is 4.97. The summed E-state index contributed by atoms with van der Waals surface area (Å²) in [7, 11) is 1.57. The third-order valence-corrected chi connectivity index (χ3v) is 5.57. The number of carbonyl (C=O) groups is 2. The molecular weight excluding hydrogens is 364 g/mol. The number of carbonyl (C=O) groups excluding carboxylic acids is 2. The minimum atomic E-state index is -0.0390. The van der Waals surface area contributed by atoms with E-state index in [4.69, 9.17) is 4.74 Å². The summed E-state index contributed by atoms with van der Waals surface area (Å²) in [5, 5.41) is 0. The van der Waals surface area contributed by atoms with Crippen LogP contribution in [0.5, 0.6) is 5.75 Å². The van der Waals surface area contributed by atoms with Crippen molar-refractivity contribution in [3.8, 4) is 5.75 Å². The summed E-state index contributed by atoms with van der Waals surface area (Å²) in [4.78, 5) is 29.9. The fourth-order valence-electron chi connectivity index (χ4n) is 3.85. The van der Waals surface area contributed by atoms with E-state index in [2.05, 4.69) is 26.0 Å². The number of likely N-dealkylation sites (tertiary alicyclic amines) is 1. The second kappa shape index (κ2) is 9.59. The molecule has 29 heavy (non-hydrogen) atoms. The van der Waals surface area contributed by atoms with Crippen molar-refractivity contribution in [1.82, 2.24) is 9.80 Å². The van der Waals surface area contributed by atoms with Gasteiger partial charge in [0.1, 0.15) is 5.75 Å². The number of nitrogens with zero attached hydrogens (tertiary/aromatic N) is 2. The van der Waals surface area contributed by atoms with Crippen LogP contribution in [0, 0.1) is 5.92 Å². The molecule has 0 saturated carbocycles. The molecule has 5 heteroatoms. The van der Waals surface area contributed by atoms with Crippen LogP contribution in [-0.2, 0) is 11.3 Å². The first kappa shape index (κ1) is 20.9. The largest absolute Gasteiger partial charge is 0.496 e. The van der Waals surface area contributed by atoms with Crippen molar-refractivity contribution in [2.75, 3.05) is 20.2 Å². The average Bonchev–Trinajstić information content (AvgIpc) is 2.77. The van der Waals surface area contributed by atoms with Gasteiger partial charge in [-0.25, -0.2) is 0 Å². The molecule has 0 aliphatic carbocycles. The Labute approximate surface area is 173 Å². The first-order valence-electron chi connectivity index (χ1n) is 10.3. The first-order chi connectivity index (χ1) is 14.0. The maximum atomic E-state index is 13.2. The Morgan fingerprint density at radius 1 is 1.03 bits per heavy atom. The topological polar surface area (TPSA) is 49.9 Å². The number of hydrogen-bond donors (Lipinski definition) is 0. The fourth-order valence-corrected chi connectivity index (χ4v) is 3.85. The molecule has 3 rings (SSSR count). The van der Waals surface area contributed by atoms with Gasteiger partial charge in [-0.3, -0.25) is 9.59 Å². The number of hydrogen-bond acceptors (Lipinski definition) is 3. The highest BCUT2D eigenvalue weighted by molar-refractivity contribution is 5.97. The number of benzene rings is 2. The molecule has 1 aliphatic rings. The second-order valence-electron chi connectivity index (χ2n) is 7.81. The molecule has 0 unspecified atom stereocenters. The van der Waals surface area contributed by atoms with E-state index in [9.17, 15) is 9.59 Å². The van der Waals surface area contributed by atoms with Crippen LogP contribution in [0.15, 0.2) is 54.6 Å². The van der Waals surface area contributed by atoms with Crippen LogP contribution in [0.25, 0.3) is 0 Å². The van der Waals surface area contributed by atoms with Crippen molar-refractivity contribution in [3.05, 3.63) is 65.7 Å². The van der Waals surface area contributed by atoms with Crippen molar-refractivity contribution in [1.29, 1.82) is 0 Å². The first-order valence-corrected chi connectivity index (χ1v) is 10.3. The highest BCUT2D eigenvalue weighted by atomic mass is 16.5. The van der Waals surface area contributed by atoms with Gasteiger partial charge >= 0.3 is 0 Å². The second-order valence-corrected chi connectivity index (χ2v) is 7.81. The van der Waals surface area contributed by atoms with Crippen LogP contribution >= 0.6 is 0 Å². The molecule has 1 fully saturated rings. The average molecular weight is 395 g/mol. The summed E-state index contributed by atoms with van der Waals surface area (Å²) < 4.78 is 5.32. The van der Waals surface area contributed by atoms with E-state index in [1.807, 2.05) is 40.1 Å². The van der Waals surface area contributed by atoms with Crippen LogP contribution in [0.3, 0.4) is 0 Å². The Kier molecular flexibility index (Phi) is 6.91. The minimum absolute atomic E-state index is 0.0293. The molecule has 0 aromatic heterocycles. The molecule has 0 radical (unpaired) electrons. The molecule has 154 valence electrons. The molecule has 0 atom stereocenters. The van der Waals surface area contributed by atoms with E-state index in [1.165, 1.54) is 0 Å². The molecule has 5 nitrogen and oxygen atoms in total. The zero-order valence-electron chi connectivity index (χ0n) is 17.5. The molecule has 0 N–H and O–H groups in total. The maximum Gasteiger partial charge on any atom is 0.257 e. The summed E-state index contributed by atoms with van der Waals surface area (Å²) in [5.41, 5.74) is 1.71. The van der Waals surface area contributed by atoms with E-state index >= 15 is 0 Å². The lowest BCUT2D eigenvalue weighted by Crippen LogP contribution is -2.46. The Morgan fingerprint density at radius 3 is 2.28 bits per heavy atom.